The third-order valence-corrected chi connectivity index (χ3v) is 14.3. The predicted octanol–water partition coefficient (Wildman–Crippen LogP) is 15.8. The number of benzene rings is 8. The fourth-order valence-electron chi connectivity index (χ4n) is 9.71. The normalized spacial score (nSPS) is 15.0. The minimum absolute atomic E-state index is 0.0181. The average Bonchev–Trinajstić information content (AvgIpc) is 3.64. The number of rotatable bonds is 7. The van der Waals surface area contributed by atoms with Gasteiger partial charge in [0.15, 0.2) is 0 Å². The van der Waals surface area contributed by atoms with E-state index < -0.39 is 0 Å². The summed E-state index contributed by atoms with van der Waals surface area (Å²) < 4.78 is 2.47. The Morgan fingerprint density at radius 3 is 1.19 bits per heavy atom. The highest BCUT2D eigenvalue weighted by Crippen LogP contribution is 2.62. The first-order valence-corrected chi connectivity index (χ1v) is 20.9. The minimum Gasteiger partial charge on any atom is -0.311 e. The Bertz CT molecular complexity index is 2870. The van der Waals surface area contributed by atoms with Gasteiger partial charge in [0.25, 0.3) is 0 Å². The molecular weight excluding hydrogens is 713 g/mol. The maximum atomic E-state index is 2.53. The lowest BCUT2D eigenvalue weighted by molar-refractivity contribution is 0.125. The highest BCUT2D eigenvalue weighted by atomic mass is 15.1. The zero-order valence-electron chi connectivity index (χ0n) is 34.9. The monoisotopic (exact) mass is 762 g/mol. The van der Waals surface area contributed by atoms with Crippen molar-refractivity contribution in [2.45, 2.75) is 52.4 Å². The third kappa shape index (κ3) is 5.84. The number of para-hydroxylation sites is 1. The van der Waals surface area contributed by atoms with Crippen LogP contribution in [0.2, 0.25) is 0 Å². The highest BCUT2D eigenvalue weighted by Gasteiger charge is 2.57. The molecule has 0 atom stereocenters. The summed E-state index contributed by atoms with van der Waals surface area (Å²) in [5.41, 5.74) is 17.3. The van der Waals surface area contributed by atoms with Gasteiger partial charge in [-0.1, -0.05) is 163 Å². The van der Waals surface area contributed by atoms with Crippen molar-refractivity contribution in [3.8, 4) is 39.1 Å². The number of nitrogens with zero attached hydrogens (tertiary/aromatic N) is 2. The van der Waals surface area contributed by atoms with Crippen molar-refractivity contribution in [1.29, 1.82) is 0 Å². The molecule has 0 radical (unpaired) electrons. The summed E-state index contributed by atoms with van der Waals surface area (Å²) in [6, 6.07) is 71.0. The van der Waals surface area contributed by atoms with E-state index >= 15 is 0 Å². The van der Waals surface area contributed by atoms with Gasteiger partial charge in [0.2, 0.25) is 0 Å². The molecule has 0 saturated heterocycles. The Labute approximate surface area is 349 Å². The first kappa shape index (κ1) is 36.7. The third-order valence-electron chi connectivity index (χ3n) is 14.3. The fraction of sp³-hybridized carbons (Fsp3) is 0.158. The van der Waals surface area contributed by atoms with Crippen molar-refractivity contribution in [3.05, 3.63) is 205 Å². The van der Waals surface area contributed by atoms with Crippen LogP contribution in [0.25, 0.3) is 60.9 Å². The molecule has 9 aromatic rings. The van der Waals surface area contributed by atoms with Crippen LogP contribution in [0, 0.1) is 5.41 Å². The van der Waals surface area contributed by atoms with Crippen LogP contribution in [-0.2, 0) is 10.8 Å². The first-order valence-electron chi connectivity index (χ1n) is 20.9. The van der Waals surface area contributed by atoms with Gasteiger partial charge in [0.1, 0.15) is 0 Å². The van der Waals surface area contributed by atoms with Crippen LogP contribution in [0.4, 0.5) is 17.1 Å². The molecule has 0 fully saturated rings. The molecular formula is C57H50N2. The summed E-state index contributed by atoms with van der Waals surface area (Å²) >= 11 is 0. The van der Waals surface area contributed by atoms with Gasteiger partial charge in [-0.15, -0.1) is 0 Å². The summed E-state index contributed by atoms with van der Waals surface area (Å²) in [7, 11) is 0. The fourth-order valence-corrected chi connectivity index (χ4v) is 9.71. The van der Waals surface area contributed by atoms with Crippen LogP contribution < -0.4 is 4.90 Å². The first-order chi connectivity index (χ1) is 28.5. The summed E-state index contributed by atoms with van der Waals surface area (Å²) in [6.45, 7) is 14.6. The standard InChI is InChI=1S/C57H50N2/c1-55(2)51-37-50-49-36-44(28-35-53(49)59(45-20-14-9-15-21-45)54(50)38-52(51)56(3,4)57(55,5)6)43-26-33-48(34-27-43)58(46-29-22-41(23-30-46)39-16-10-7-11-17-39)47-31-24-42(25-32-47)40-18-12-8-13-19-40/h7-38H,1-6H3. The van der Waals surface area contributed by atoms with E-state index in [-0.39, 0.29) is 16.2 Å². The summed E-state index contributed by atoms with van der Waals surface area (Å²) in [5, 5.41) is 2.59. The van der Waals surface area contributed by atoms with Crippen LogP contribution in [0.1, 0.15) is 52.7 Å². The van der Waals surface area contributed by atoms with Gasteiger partial charge in [-0.2, -0.15) is 0 Å². The second-order valence-corrected chi connectivity index (χ2v) is 17.9. The smallest absolute Gasteiger partial charge is 0.0544 e. The molecule has 0 amide bonds. The Balaban J connectivity index is 1.07. The van der Waals surface area contributed by atoms with Crippen molar-refractivity contribution in [2.24, 2.45) is 5.41 Å². The molecule has 288 valence electrons. The van der Waals surface area contributed by atoms with E-state index in [1.807, 2.05) is 0 Å². The van der Waals surface area contributed by atoms with Crippen molar-refractivity contribution in [1.82, 2.24) is 4.57 Å². The lowest BCUT2D eigenvalue weighted by Gasteiger charge is -2.44. The summed E-state index contributed by atoms with van der Waals surface area (Å²) in [5.74, 6) is 0. The Kier molecular flexibility index (Phi) is 8.54. The van der Waals surface area contributed by atoms with Gasteiger partial charge >= 0.3 is 0 Å². The highest BCUT2D eigenvalue weighted by molar-refractivity contribution is 6.11. The summed E-state index contributed by atoms with van der Waals surface area (Å²) in [4.78, 5) is 2.36. The predicted molar refractivity (Wildman–Crippen MR) is 252 cm³/mol. The van der Waals surface area contributed by atoms with Gasteiger partial charge in [-0.3, -0.25) is 0 Å². The largest absolute Gasteiger partial charge is 0.311 e. The summed E-state index contributed by atoms with van der Waals surface area (Å²) in [6.07, 6.45) is 0. The molecule has 1 aromatic heterocycles. The molecule has 0 aliphatic heterocycles. The topological polar surface area (TPSA) is 8.17 Å². The van der Waals surface area contributed by atoms with Crippen molar-refractivity contribution >= 4 is 38.9 Å². The lowest BCUT2D eigenvalue weighted by atomic mass is 9.59. The SMILES string of the molecule is CC1(C)c2cc3c4cc(-c5ccc(N(c6ccc(-c7ccccc7)cc6)c6ccc(-c7ccccc7)cc6)cc5)ccc4n(-c4ccccc4)c3cc2C(C)(C)C1(C)C. The van der Waals surface area contributed by atoms with Crippen molar-refractivity contribution in [3.63, 3.8) is 0 Å². The Morgan fingerprint density at radius 2 is 0.712 bits per heavy atom. The lowest BCUT2D eigenvalue weighted by Crippen LogP contribution is -2.42. The number of hydrogen-bond donors (Lipinski definition) is 0. The van der Waals surface area contributed by atoms with E-state index in [1.165, 1.54) is 72.0 Å². The van der Waals surface area contributed by atoms with Crippen molar-refractivity contribution < 1.29 is 0 Å². The maximum absolute atomic E-state index is 2.53. The molecule has 0 bridgehead atoms. The Morgan fingerprint density at radius 1 is 0.339 bits per heavy atom. The second kappa shape index (κ2) is 13.7. The molecule has 1 heterocycles. The zero-order chi connectivity index (χ0) is 40.5. The van der Waals surface area contributed by atoms with Crippen LogP contribution >= 0.6 is 0 Å². The molecule has 8 aromatic carbocycles. The van der Waals surface area contributed by atoms with Gasteiger partial charge < -0.3 is 9.47 Å². The van der Waals surface area contributed by atoms with Crippen molar-refractivity contribution in [2.75, 3.05) is 4.90 Å². The van der Waals surface area contributed by atoms with Gasteiger partial charge in [-0.05, 0) is 134 Å². The van der Waals surface area contributed by atoms with Crippen LogP contribution in [-0.4, -0.2) is 4.57 Å². The van der Waals surface area contributed by atoms with E-state index in [0.29, 0.717) is 0 Å². The quantitative estimate of drug-likeness (QED) is 0.157. The van der Waals surface area contributed by atoms with Gasteiger partial charge in [0.05, 0.1) is 11.0 Å². The van der Waals surface area contributed by atoms with E-state index in [1.54, 1.807) is 0 Å². The minimum atomic E-state index is 0.0181. The molecule has 59 heavy (non-hydrogen) atoms. The van der Waals surface area contributed by atoms with E-state index in [0.717, 1.165) is 17.1 Å². The molecule has 1 aliphatic carbocycles. The molecule has 2 heteroatoms. The van der Waals surface area contributed by atoms with Crippen LogP contribution in [0.15, 0.2) is 194 Å². The zero-order valence-corrected chi connectivity index (χ0v) is 34.9. The number of anilines is 3. The van der Waals surface area contributed by atoms with Gasteiger partial charge in [0, 0.05) is 33.5 Å². The molecule has 0 saturated carbocycles. The maximum Gasteiger partial charge on any atom is 0.0544 e. The molecule has 10 rings (SSSR count). The number of aromatic nitrogens is 1. The van der Waals surface area contributed by atoms with Crippen LogP contribution in [0.5, 0.6) is 0 Å². The second-order valence-electron chi connectivity index (χ2n) is 17.9. The number of hydrogen-bond acceptors (Lipinski definition) is 1. The Hall–Kier alpha value is -6.64. The van der Waals surface area contributed by atoms with Crippen LogP contribution in [0.3, 0.4) is 0 Å². The number of fused-ring (bicyclic) bond motifs is 4. The van der Waals surface area contributed by atoms with Gasteiger partial charge in [-0.25, -0.2) is 0 Å². The van der Waals surface area contributed by atoms with E-state index in [2.05, 4.69) is 245 Å². The van der Waals surface area contributed by atoms with E-state index in [9.17, 15) is 0 Å². The molecule has 2 nitrogen and oxygen atoms in total. The molecule has 0 spiro atoms. The average molecular weight is 763 g/mol. The molecule has 1 aliphatic rings. The molecule has 0 unspecified atom stereocenters. The molecule has 0 N–H and O–H groups in total. The van der Waals surface area contributed by atoms with E-state index in [4.69, 9.17) is 0 Å².